The summed E-state index contributed by atoms with van der Waals surface area (Å²) < 4.78 is 6.56. The molecule has 0 spiro atoms. The van der Waals surface area contributed by atoms with Crippen LogP contribution in [0, 0.1) is 6.92 Å². The summed E-state index contributed by atoms with van der Waals surface area (Å²) in [6.07, 6.45) is 3.88. The SMILES string of the molecule is Cc1cn2c(=O)c(C(=O)NCC3(O)CCOCC3)cnc2s1. The van der Waals surface area contributed by atoms with Crippen molar-refractivity contribution in [3.63, 3.8) is 0 Å². The highest BCUT2D eigenvalue weighted by Gasteiger charge is 2.30. The minimum Gasteiger partial charge on any atom is -0.388 e. The molecule has 1 aliphatic heterocycles. The van der Waals surface area contributed by atoms with Crippen molar-refractivity contribution in [2.24, 2.45) is 0 Å². The number of thiazole rings is 1. The molecule has 0 saturated carbocycles. The normalized spacial score (nSPS) is 17.5. The van der Waals surface area contributed by atoms with E-state index in [0.29, 0.717) is 31.0 Å². The van der Waals surface area contributed by atoms with Crippen molar-refractivity contribution in [1.82, 2.24) is 14.7 Å². The van der Waals surface area contributed by atoms with Crippen LogP contribution in [0.25, 0.3) is 4.96 Å². The fourth-order valence-electron chi connectivity index (χ4n) is 2.42. The Labute approximate surface area is 130 Å². The van der Waals surface area contributed by atoms with Crippen molar-refractivity contribution >= 4 is 22.2 Å². The topological polar surface area (TPSA) is 92.9 Å². The zero-order valence-corrected chi connectivity index (χ0v) is 13.0. The Morgan fingerprint density at radius 3 is 3.00 bits per heavy atom. The first-order chi connectivity index (χ1) is 10.5. The molecule has 8 heteroatoms. The summed E-state index contributed by atoms with van der Waals surface area (Å²) in [7, 11) is 0. The molecule has 0 bridgehead atoms. The van der Waals surface area contributed by atoms with Gasteiger partial charge in [0.15, 0.2) is 4.96 Å². The molecule has 7 nitrogen and oxygen atoms in total. The average Bonchev–Trinajstić information content (AvgIpc) is 2.88. The third kappa shape index (κ3) is 2.90. The molecule has 3 heterocycles. The number of hydrogen-bond acceptors (Lipinski definition) is 6. The zero-order chi connectivity index (χ0) is 15.7. The zero-order valence-electron chi connectivity index (χ0n) is 12.2. The number of aromatic nitrogens is 2. The number of aryl methyl sites for hydroxylation is 1. The van der Waals surface area contributed by atoms with Crippen LogP contribution in [0.3, 0.4) is 0 Å². The van der Waals surface area contributed by atoms with Gasteiger partial charge in [-0.15, -0.1) is 11.3 Å². The van der Waals surface area contributed by atoms with Crippen molar-refractivity contribution in [3.8, 4) is 0 Å². The fraction of sp³-hybridized carbons (Fsp3) is 0.500. The highest BCUT2D eigenvalue weighted by molar-refractivity contribution is 7.16. The predicted molar refractivity (Wildman–Crippen MR) is 81.4 cm³/mol. The van der Waals surface area contributed by atoms with Crippen molar-refractivity contribution in [2.45, 2.75) is 25.4 Å². The summed E-state index contributed by atoms with van der Waals surface area (Å²) in [5, 5.41) is 12.9. The van der Waals surface area contributed by atoms with Gasteiger partial charge >= 0.3 is 0 Å². The molecule has 118 valence electrons. The van der Waals surface area contributed by atoms with Crippen molar-refractivity contribution in [1.29, 1.82) is 0 Å². The summed E-state index contributed by atoms with van der Waals surface area (Å²) in [5.41, 5.74) is -1.39. The van der Waals surface area contributed by atoms with Gasteiger partial charge < -0.3 is 15.2 Å². The monoisotopic (exact) mass is 323 g/mol. The van der Waals surface area contributed by atoms with Crippen LogP contribution in [0.2, 0.25) is 0 Å². The molecule has 2 N–H and O–H groups in total. The van der Waals surface area contributed by atoms with E-state index in [4.69, 9.17) is 4.74 Å². The first-order valence-corrected chi connectivity index (χ1v) is 7.86. The molecule has 2 aromatic heterocycles. The molecule has 0 radical (unpaired) electrons. The average molecular weight is 323 g/mol. The number of hydrogen-bond donors (Lipinski definition) is 2. The van der Waals surface area contributed by atoms with Crippen LogP contribution in [-0.4, -0.2) is 45.8 Å². The van der Waals surface area contributed by atoms with Crippen LogP contribution in [0.15, 0.2) is 17.2 Å². The van der Waals surface area contributed by atoms with Gasteiger partial charge in [0.1, 0.15) is 5.56 Å². The Balaban J connectivity index is 1.77. The van der Waals surface area contributed by atoms with E-state index in [2.05, 4.69) is 10.3 Å². The Morgan fingerprint density at radius 1 is 1.55 bits per heavy atom. The lowest BCUT2D eigenvalue weighted by Gasteiger charge is -2.31. The molecule has 2 aromatic rings. The van der Waals surface area contributed by atoms with Gasteiger partial charge in [0, 0.05) is 49.9 Å². The summed E-state index contributed by atoms with van der Waals surface area (Å²) in [6, 6.07) is 0. The van der Waals surface area contributed by atoms with Crippen LogP contribution in [0.1, 0.15) is 28.1 Å². The van der Waals surface area contributed by atoms with Gasteiger partial charge in [-0.25, -0.2) is 4.98 Å². The number of carbonyl (C=O) groups is 1. The maximum Gasteiger partial charge on any atom is 0.271 e. The molecule has 1 fully saturated rings. The number of nitrogens with zero attached hydrogens (tertiary/aromatic N) is 2. The minimum atomic E-state index is -0.972. The van der Waals surface area contributed by atoms with Crippen LogP contribution >= 0.6 is 11.3 Å². The number of aliphatic hydroxyl groups is 1. The first-order valence-electron chi connectivity index (χ1n) is 7.05. The quantitative estimate of drug-likeness (QED) is 0.849. The van der Waals surface area contributed by atoms with Crippen molar-refractivity contribution in [3.05, 3.63) is 33.2 Å². The number of carbonyl (C=O) groups excluding carboxylic acids is 1. The second kappa shape index (κ2) is 5.79. The summed E-state index contributed by atoms with van der Waals surface area (Å²) in [5.74, 6) is -0.518. The summed E-state index contributed by atoms with van der Waals surface area (Å²) in [6.45, 7) is 2.91. The van der Waals surface area contributed by atoms with Crippen molar-refractivity contribution < 1.29 is 14.6 Å². The molecule has 22 heavy (non-hydrogen) atoms. The number of nitrogens with one attached hydrogen (secondary N) is 1. The van der Waals surface area contributed by atoms with E-state index >= 15 is 0 Å². The molecular weight excluding hydrogens is 306 g/mol. The second-order valence-corrected chi connectivity index (χ2v) is 6.70. The van der Waals surface area contributed by atoms with E-state index in [-0.39, 0.29) is 12.1 Å². The van der Waals surface area contributed by atoms with E-state index in [1.54, 1.807) is 6.20 Å². The lowest BCUT2D eigenvalue weighted by molar-refractivity contribution is -0.0605. The molecule has 0 unspecified atom stereocenters. The number of amides is 1. The molecule has 1 amide bonds. The maximum absolute atomic E-state index is 12.3. The van der Waals surface area contributed by atoms with E-state index in [1.807, 2.05) is 6.92 Å². The van der Waals surface area contributed by atoms with Crippen LogP contribution < -0.4 is 10.9 Å². The number of ether oxygens (including phenoxy) is 1. The standard InChI is InChI=1S/C14H17N3O4S/c1-9-7-17-12(19)10(6-15-13(17)22-9)11(18)16-8-14(20)2-4-21-5-3-14/h6-7,20H,2-5,8H2,1H3,(H,16,18). The van der Waals surface area contributed by atoms with Crippen molar-refractivity contribution in [2.75, 3.05) is 19.8 Å². The molecule has 0 atom stereocenters. The Hall–Kier alpha value is -1.77. The Morgan fingerprint density at radius 2 is 2.27 bits per heavy atom. The molecule has 0 aromatic carbocycles. The fourth-order valence-corrected chi connectivity index (χ4v) is 3.20. The van der Waals surface area contributed by atoms with Crippen LogP contribution in [0.4, 0.5) is 0 Å². The molecule has 1 aliphatic rings. The van der Waals surface area contributed by atoms with Gasteiger partial charge in [-0.1, -0.05) is 0 Å². The highest BCUT2D eigenvalue weighted by Crippen LogP contribution is 2.19. The minimum absolute atomic E-state index is 0.0223. The summed E-state index contributed by atoms with van der Waals surface area (Å²) in [4.78, 5) is 30.1. The van der Waals surface area contributed by atoms with Gasteiger partial charge in [0.05, 0.1) is 5.60 Å². The van der Waals surface area contributed by atoms with Gasteiger partial charge in [-0.3, -0.25) is 14.0 Å². The largest absolute Gasteiger partial charge is 0.388 e. The number of fused-ring (bicyclic) bond motifs is 1. The number of rotatable bonds is 3. The van der Waals surface area contributed by atoms with Gasteiger partial charge in [-0.2, -0.15) is 0 Å². The van der Waals surface area contributed by atoms with Gasteiger partial charge in [0.2, 0.25) is 0 Å². The molecule has 0 aliphatic carbocycles. The molecule has 3 rings (SSSR count). The smallest absolute Gasteiger partial charge is 0.271 e. The van der Waals surface area contributed by atoms with Gasteiger partial charge in [-0.05, 0) is 6.92 Å². The van der Waals surface area contributed by atoms with E-state index < -0.39 is 17.1 Å². The van der Waals surface area contributed by atoms with E-state index in [9.17, 15) is 14.7 Å². The second-order valence-electron chi connectivity index (χ2n) is 5.49. The highest BCUT2D eigenvalue weighted by atomic mass is 32.1. The van der Waals surface area contributed by atoms with E-state index in [1.165, 1.54) is 21.9 Å². The molecular formula is C14H17N3O4S. The third-order valence-electron chi connectivity index (χ3n) is 3.77. The predicted octanol–water partition coefficient (Wildman–Crippen LogP) is 0.336. The third-order valence-corrected chi connectivity index (χ3v) is 4.68. The Kier molecular flexibility index (Phi) is 3.98. The first kappa shape index (κ1) is 15.1. The summed E-state index contributed by atoms with van der Waals surface area (Å²) >= 11 is 1.39. The van der Waals surface area contributed by atoms with Gasteiger partial charge in [0.25, 0.3) is 11.5 Å². The van der Waals surface area contributed by atoms with Crippen LogP contribution in [0.5, 0.6) is 0 Å². The maximum atomic E-state index is 12.3. The molecule has 1 saturated heterocycles. The Bertz CT molecular complexity index is 761. The lowest BCUT2D eigenvalue weighted by atomic mass is 9.94. The van der Waals surface area contributed by atoms with Crippen LogP contribution in [-0.2, 0) is 4.74 Å². The van der Waals surface area contributed by atoms with E-state index in [0.717, 1.165) is 4.88 Å². The lowest BCUT2D eigenvalue weighted by Crippen LogP contribution is -2.47.